The van der Waals surface area contributed by atoms with Crippen molar-refractivity contribution in [1.82, 2.24) is 0 Å². The molecule has 0 fully saturated rings. The van der Waals surface area contributed by atoms with Gasteiger partial charge in [-0.15, -0.1) is 0 Å². The summed E-state index contributed by atoms with van der Waals surface area (Å²) in [6.45, 7) is 5.83. The SMILES string of the molecule is Cc1cc(O)cc(P(c2cc(C)cc(O)c2)c2cc(C)cc(O)c2)c1. The van der Waals surface area contributed by atoms with E-state index in [9.17, 15) is 15.3 Å². The minimum atomic E-state index is -1.02. The molecule has 25 heavy (non-hydrogen) atoms. The molecule has 0 aliphatic rings. The molecule has 0 spiro atoms. The summed E-state index contributed by atoms with van der Waals surface area (Å²) in [5, 5.41) is 33.1. The van der Waals surface area contributed by atoms with Crippen LogP contribution in [0.2, 0.25) is 0 Å². The van der Waals surface area contributed by atoms with E-state index >= 15 is 0 Å². The third-order valence-electron chi connectivity index (χ3n) is 3.92. The summed E-state index contributed by atoms with van der Waals surface area (Å²) >= 11 is 0. The molecule has 3 rings (SSSR count). The first-order valence-electron chi connectivity index (χ1n) is 8.04. The number of rotatable bonds is 3. The molecular formula is C21H21O3P. The maximum atomic E-state index is 10.1. The highest BCUT2D eigenvalue weighted by Crippen LogP contribution is 2.37. The Hall–Kier alpha value is -2.51. The Morgan fingerprint density at radius 3 is 1.00 bits per heavy atom. The quantitative estimate of drug-likeness (QED) is 0.633. The highest BCUT2D eigenvalue weighted by Gasteiger charge is 2.19. The van der Waals surface area contributed by atoms with Gasteiger partial charge in [0.25, 0.3) is 0 Å². The molecular weight excluding hydrogens is 331 g/mol. The molecule has 0 bridgehead atoms. The van der Waals surface area contributed by atoms with E-state index in [1.807, 2.05) is 39.0 Å². The van der Waals surface area contributed by atoms with Crippen LogP contribution in [0.3, 0.4) is 0 Å². The maximum absolute atomic E-state index is 10.1. The molecule has 0 aromatic heterocycles. The fourth-order valence-corrected chi connectivity index (χ4v) is 5.74. The zero-order valence-corrected chi connectivity index (χ0v) is 15.4. The molecule has 4 heteroatoms. The lowest BCUT2D eigenvalue weighted by atomic mass is 10.2. The van der Waals surface area contributed by atoms with Gasteiger partial charge < -0.3 is 15.3 Å². The number of phenols is 3. The van der Waals surface area contributed by atoms with Crippen molar-refractivity contribution in [3.8, 4) is 17.2 Å². The van der Waals surface area contributed by atoms with Crippen molar-refractivity contribution in [2.75, 3.05) is 0 Å². The van der Waals surface area contributed by atoms with Gasteiger partial charge in [0.2, 0.25) is 0 Å². The summed E-state index contributed by atoms with van der Waals surface area (Å²) < 4.78 is 0. The van der Waals surface area contributed by atoms with Crippen molar-refractivity contribution in [2.24, 2.45) is 0 Å². The maximum Gasteiger partial charge on any atom is 0.116 e. The first-order chi connectivity index (χ1) is 11.8. The van der Waals surface area contributed by atoms with Gasteiger partial charge in [-0.2, -0.15) is 0 Å². The lowest BCUT2D eigenvalue weighted by molar-refractivity contribution is 0.475. The van der Waals surface area contributed by atoms with Crippen molar-refractivity contribution in [2.45, 2.75) is 20.8 Å². The predicted octanol–water partition coefficient (Wildman–Crippen LogP) is 3.49. The molecule has 0 aliphatic heterocycles. The summed E-state index contributed by atoms with van der Waals surface area (Å²) in [4.78, 5) is 0. The van der Waals surface area contributed by atoms with Crippen molar-refractivity contribution < 1.29 is 15.3 Å². The molecule has 0 saturated heterocycles. The summed E-state index contributed by atoms with van der Waals surface area (Å²) in [6.07, 6.45) is 0. The Morgan fingerprint density at radius 1 is 0.480 bits per heavy atom. The van der Waals surface area contributed by atoms with Crippen molar-refractivity contribution >= 4 is 23.8 Å². The molecule has 0 unspecified atom stereocenters. The van der Waals surface area contributed by atoms with E-state index in [0.29, 0.717) is 0 Å². The van der Waals surface area contributed by atoms with Gasteiger partial charge in [0.1, 0.15) is 17.2 Å². The normalized spacial score (nSPS) is 11.0. The van der Waals surface area contributed by atoms with Crippen LogP contribution in [0.5, 0.6) is 17.2 Å². The summed E-state index contributed by atoms with van der Waals surface area (Å²) in [7, 11) is -1.02. The fraction of sp³-hybridized carbons (Fsp3) is 0.143. The first-order valence-corrected chi connectivity index (χ1v) is 9.38. The summed E-state index contributed by atoms with van der Waals surface area (Å²) in [5.74, 6) is 0.656. The van der Waals surface area contributed by atoms with Crippen LogP contribution < -0.4 is 15.9 Å². The van der Waals surface area contributed by atoms with Crippen LogP contribution in [0.1, 0.15) is 16.7 Å². The number of aromatic hydroxyl groups is 3. The van der Waals surface area contributed by atoms with Crippen molar-refractivity contribution in [3.63, 3.8) is 0 Å². The van der Waals surface area contributed by atoms with Crippen molar-refractivity contribution in [3.05, 3.63) is 71.3 Å². The van der Waals surface area contributed by atoms with Gasteiger partial charge in [0, 0.05) is 0 Å². The zero-order valence-electron chi connectivity index (χ0n) is 14.5. The van der Waals surface area contributed by atoms with Crippen LogP contribution in [-0.4, -0.2) is 15.3 Å². The van der Waals surface area contributed by atoms with Crippen LogP contribution in [0, 0.1) is 20.8 Å². The fourth-order valence-electron chi connectivity index (χ4n) is 3.06. The first kappa shape index (κ1) is 17.3. The minimum Gasteiger partial charge on any atom is -0.508 e. The molecule has 3 N–H and O–H groups in total. The Bertz CT molecular complexity index is 751. The van der Waals surface area contributed by atoms with Crippen LogP contribution in [-0.2, 0) is 0 Å². The smallest absolute Gasteiger partial charge is 0.116 e. The van der Waals surface area contributed by atoms with Crippen LogP contribution in [0.25, 0.3) is 0 Å². The van der Waals surface area contributed by atoms with Gasteiger partial charge in [-0.05, 0) is 97.7 Å². The average Bonchev–Trinajstić information content (AvgIpc) is 2.44. The molecule has 0 amide bonds. The van der Waals surface area contributed by atoms with E-state index in [-0.39, 0.29) is 17.2 Å². The third kappa shape index (κ3) is 3.94. The highest BCUT2D eigenvalue weighted by molar-refractivity contribution is 7.79. The molecule has 3 aromatic rings. The molecule has 3 nitrogen and oxygen atoms in total. The monoisotopic (exact) mass is 352 g/mol. The Balaban J connectivity index is 2.27. The average molecular weight is 352 g/mol. The lowest BCUT2D eigenvalue weighted by Gasteiger charge is -2.21. The number of aryl methyl sites for hydroxylation is 3. The van der Waals surface area contributed by atoms with E-state index in [0.717, 1.165) is 32.6 Å². The molecule has 0 saturated carbocycles. The van der Waals surface area contributed by atoms with Gasteiger partial charge in [-0.1, -0.05) is 18.2 Å². The molecule has 0 heterocycles. The van der Waals surface area contributed by atoms with E-state index in [1.54, 1.807) is 36.4 Å². The van der Waals surface area contributed by atoms with Gasteiger partial charge in [-0.3, -0.25) is 0 Å². The lowest BCUT2D eigenvalue weighted by Crippen LogP contribution is -2.21. The molecule has 3 aromatic carbocycles. The second-order valence-corrected chi connectivity index (χ2v) is 8.64. The van der Waals surface area contributed by atoms with Crippen LogP contribution in [0.15, 0.2) is 54.6 Å². The number of benzene rings is 3. The van der Waals surface area contributed by atoms with Gasteiger partial charge in [-0.25, -0.2) is 0 Å². The molecule has 0 aliphatic carbocycles. The summed E-state index contributed by atoms with van der Waals surface area (Å²) in [5.41, 5.74) is 2.91. The Kier molecular flexibility index (Phi) is 4.69. The summed E-state index contributed by atoms with van der Waals surface area (Å²) in [6, 6.07) is 16.6. The Labute approximate surface area is 149 Å². The predicted molar refractivity (Wildman–Crippen MR) is 104 cm³/mol. The van der Waals surface area contributed by atoms with E-state index < -0.39 is 7.92 Å². The highest BCUT2D eigenvalue weighted by atomic mass is 31.1. The molecule has 128 valence electrons. The second kappa shape index (κ2) is 6.78. The molecule has 0 radical (unpaired) electrons. The van der Waals surface area contributed by atoms with Gasteiger partial charge in [0.05, 0.1) is 0 Å². The second-order valence-electron chi connectivity index (χ2n) is 6.42. The van der Waals surface area contributed by atoms with Crippen LogP contribution in [0.4, 0.5) is 0 Å². The minimum absolute atomic E-state index is 0.219. The third-order valence-corrected chi connectivity index (χ3v) is 6.24. The Morgan fingerprint density at radius 2 is 0.760 bits per heavy atom. The van der Waals surface area contributed by atoms with E-state index in [2.05, 4.69) is 0 Å². The van der Waals surface area contributed by atoms with E-state index in [4.69, 9.17) is 0 Å². The zero-order chi connectivity index (χ0) is 18.1. The van der Waals surface area contributed by atoms with Gasteiger partial charge >= 0.3 is 0 Å². The van der Waals surface area contributed by atoms with E-state index in [1.165, 1.54) is 0 Å². The van der Waals surface area contributed by atoms with Crippen LogP contribution >= 0.6 is 7.92 Å². The number of phenolic OH excluding ortho intramolecular Hbond substituents is 3. The number of hydrogen-bond acceptors (Lipinski definition) is 3. The topological polar surface area (TPSA) is 60.7 Å². The largest absolute Gasteiger partial charge is 0.508 e. The van der Waals surface area contributed by atoms with Gasteiger partial charge in [0.15, 0.2) is 0 Å². The van der Waals surface area contributed by atoms with Crippen molar-refractivity contribution in [1.29, 1.82) is 0 Å². The molecule has 0 atom stereocenters. The standard InChI is InChI=1S/C21H21O3P/c1-13-4-16(22)10-19(7-13)25(20-8-14(2)5-17(23)11-20)21-9-15(3)6-18(24)12-21/h4-12,22-24H,1-3H3. The number of hydrogen-bond donors (Lipinski definition) is 3.